The van der Waals surface area contributed by atoms with Crippen molar-refractivity contribution < 1.29 is 9.59 Å². The van der Waals surface area contributed by atoms with E-state index in [0.717, 1.165) is 47.8 Å². The van der Waals surface area contributed by atoms with Gasteiger partial charge in [0.1, 0.15) is 0 Å². The van der Waals surface area contributed by atoms with Crippen LogP contribution in [0.2, 0.25) is 0 Å². The largest absolute Gasteiger partial charge is 0.336 e. The quantitative estimate of drug-likeness (QED) is 0.180. The molecule has 3 heterocycles. The highest BCUT2D eigenvalue weighted by Gasteiger charge is 2.32. The van der Waals surface area contributed by atoms with Crippen molar-refractivity contribution in [2.45, 2.75) is 78.2 Å². The number of aromatic nitrogens is 3. The Kier molecular flexibility index (Phi) is 9.49. The van der Waals surface area contributed by atoms with Gasteiger partial charge in [-0.3, -0.25) is 9.59 Å². The molecule has 1 unspecified atom stereocenters. The molecule has 2 amide bonds. The smallest absolute Gasteiger partial charge is 0.257 e. The van der Waals surface area contributed by atoms with Gasteiger partial charge in [0.15, 0.2) is 0 Å². The first-order valence-electron chi connectivity index (χ1n) is 15.1. The van der Waals surface area contributed by atoms with Crippen LogP contribution >= 0.6 is 11.3 Å². The molecule has 0 N–H and O–H groups in total. The lowest BCUT2D eigenvalue weighted by atomic mass is 10.1. The average molecular weight is 572 g/mol. The van der Waals surface area contributed by atoms with Crippen molar-refractivity contribution in [2.75, 3.05) is 19.6 Å². The normalized spacial score (nSPS) is 15.5. The number of hydrogen-bond acceptors (Lipinski definition) is 5. The SMILES string of the molecule is CCCCCCCC(=O)N1CCN(C(=O)c2cnn(-c3nc(-c4ccc5ccccc5c4)cs3)c2CCC)CC1C. The molecule has 2 aromatic heterocycles. The zero-order chi connectivity index (χ0) is 28.8. The number of fused-ring (bicyclic) bond motifs is 1. The molecule has 1 saturated heterocycles. The van der Waals surface area contributed by atoms with Gasteiger partial charge in [-0.05, 0) is 36.6 Å². The zero-order valence-corrected chi connectivity index (χ0v) is 25.3. The lowest BCUT2D eigenvalue weighted by Gasteiger charge is -2.40. The van der Waals surface area contributed by atoms with E-state index in [1.54, 1.807) is 6.20 Å². The fourth-order valence-corrected chi connectivity index (χ4v) is 6.56. The fourth-order valence-electron chi connectivity index (χ4n) is 5.74. The number of hydrogen-bond donors (Lipinski definition) is 0. The molecular weight excluding hydrogens is 530 g/mol. The van der Waals surface area contributed by atoms with Crippen LogP contribution in [0.25, 0.3) is 27.2 Å². The molecule has 5 rings (SSSR count). The van der Waals surface area contributed by atoms with E-state index in [-0.39, 0.29) is 17.9 Å². The minimum Gasteiger partial charge on any atom is -0.336 e. The van der Waals surface area contributed by atoms with Crippen LogP contribution in [0.5, 0.6) is 0 Å². The molecule has 0 spiro atoms. The molecule has 1 aliphatic heterocycles. The Morgan fingerprint density at radius 3 is 2.56 bits per heavy atom. The van der Waals surface area contributed by atoms with E-state index in [2.05, 4.69) is 61.6 Å². The van der Waals surface area contributed by atoms with Gasteiger partial charge < -0.3 is 9.80 Å². The molecular formula is C33H41N5O2S. The van der Waals surface area contributed by atoms with E-state index in [1.807, 2.05) is 26.6 Å². The lowest BCUT2D eigenvalue weighted by Crippen LogP contribution is -2.55. The summed E-state index contributed by atoms with van der Waals surface area (Å²) in [5.41, 5.74) is 3.50. The van der Waals surface area contributed by atoms with E-state index in [4.69, 9.17) is 4.98 Å². The highest BCUT2D eigenvalue weighted by atomic mass is 32.1. The summed E-state index contributed by atoms with van der Waals surface area (Å²) in [5, 5.41) is 9.85. The lowest BCUT2D eigenvalue weighted by molar-refractivity contribution is -0.135. The number of amides is 2. The number of rotatable bonds is 11. The predicted octanol–water partition coefficient (Wildman–Crippen LogP) is 7.13. The highest BCUT2D eigenvalue weighted by Crippen LogP contribution is 2.29. The molecule has 0 aliphatic carbocycles. The van der Waals surface area contributed by atoms with Gasteiger partial charge in [0.2, 0.25) is 11.0 Å². The van der Waals surface area contributed by atoms with Crippen LogP contribution in [-0.4, -0.2) is 62.1 Å². The Balaban J connectivity index is 1.28. The summed E-state index contributed by atoms with van der Waals surface area (Å²) in [6, 6.07) is 14.7. The number of carbonyl (C=O) groups is 2. The Bertz CT molecular complexity index is 1490. The monoisotopic (exact) mass is 571 g/mol. The summed E-state index contributed by atoms with van der Waals surface area (Å²) in [6.07, 6.45) is 9.62. The third-order valence-corrected chi connectivity index (χ3v) is 8.85. The Labute approximate surface area is 247 Å². The van der Waals surface area contributed by atoms with Crippen LogP contribution in [0, 0.1) is 0 Å². The van der Waals surface area contributed by atoms with Crippen molar-refractivity contribution in [1.29, 1.82) is 0 Å². The summed E-state index contributed by atoms with van der Waals surface area (Å²) in [6.45, 7) is 8.04. The van der Waals surface area contributed by atoms with Crippen LogP contribution in [0.15, 0.2) is 54.0 Å². The van der Waals surface area contributed by atoms with E-state index < -0.39 is 0 Å². The summed E-state index contributed by atoms with van der Waals surface area (Å²) in [5.74, 6) is 0.205. The van der Waals surface area contributed by atoms with E-state index in [0.29, 0.717) is 31.6 Å². The van der Waals surface area contributed by atoms with E-state index >= 15 is 0 Å². The van der Waals surface area contributed by atoms with Crippen LogP contribution in [0.1, 0.15) is 81.8 Å². The van der Waals surface area contributed by atoms with Gasteiger partial charge in [-0.2, -0.15) is 5.10 Å². The third-order valence-electron chi connectivity index (χ3n) is 8.03. The van der Waals surface area contributed by atoms with Crippen molar-refractivity contribution >= 4 is 33.9 Å². The van der Waals surface area contributed by atoms with Crippen molar-refractivity contribution in [3.63, 3.8) is 0 Å². The molecule has 41 heavy (non-hydrogen) atoms. The first-order chi connectivity index (χ1) is 20.0. The van der Waals surface area contributed by atoms with Gasteiger partial charge in [0.05, 0.1) is 23.1 Å². The standard InChI is InChI=1S/C33H41N5O2S/c1-4-6-7-8-9-15-31(39)37-19-18-36(22-24(37)3)32(40)28-21-34-38(30(28)12-5-2)33-35-29(23-41-33)27-17-16-25-13-10-11-14-26(25)20-27/h10-11,13-14,16-17,20-21,23-24H,4-9,12,15,18-19,22H2,1-3H3. The molecule has 4 aromatic rings. The first kappa shape index (κ1) is 29.0. The van der Waals surface area contributed by atoms with Crippen LogP contribution in [0.3, 0.4) is 0 Å². The van der Waals surface area contributed by atoms with Crippen LogP contribution in [0.4, 0.5) is 0 Å². The Hall–Kier alpha value is -3.52. The average Bonchev–Trinajstić information content (AvgIpc) is 3.64. The highest BCUT2D eigenvalue weighted by molar-refractivity contribution is 7.12. The van der Waals surface area contributed by atoms with Gasteiger partial charge in [0, 0.05) is 43.0 Å². The second-order valence-corrected chi connectivity index (χ2v) is 11.9. The number of unbranched alkanes of at least 4 members (excludes halogenated alkanes) is 4. The maximum atomic E-state index is 13.7. The molecule has 0 bridgehead atoms. The summed E-state index contributed by atoms with van der Waals surface area (Å²) in [7, 11) is 0. The minimum absolute atomic E-state index is 0.00369. The van der Waals surface area contributed by atoms with Crippen molar-refractivity contribution in [3.8, 4) is 16.4 Å². The number of benzene rings is 2. The molecule has 8 heteroatoms. The third kappa shape index (κ3) is 6.53. The first-order valence-corrected chi connectivity index (χ1v) is 16.0. The molecule has 0 saturated carbocycles. The predicted molar refractivity (Wildman–Crippen MR) is 167 cm³/mol. The molecule has 0 radical (unpaired) electrons. The number of piperazine rings is 1. The summed E-state index contributed by atoms with van der Waals surface area (Å²) in [4.78, 5) is 35.4. The van der Waals surface area contributed by atoms with Gasteiger partial charge >= 0.3 is 0 Å². The maximum absolute atomic E-state index is 13.7. The van der Waals surface area contributed by atoms with Gasteiger partial charge in [-0.1, -0.05) is 82.3 Å². The second kappa shape index (κ2) is 13.4. The number of thiazole rings is 1. The molecule has 1 fully saturated rings. The molecule has 1 aliphatic rings. The van der Waals surface area contributed by atoms with Crippen LogP contribution < -0.4 is 0 Å². The molecule has 7 nitrogen and oxygen atoms in total. The number of nitrogens with zero attached hydrogens (tertiary/aromatic N) is 5. The minimum atomic E-state index is -0.00970. The second-order valence-electron chi connectivity index (χ2n) is 11.1. The van der Waals surface area contributed by atoms with Crippen molar-refractivity contribution in [2.24, 2.45) is 0 Å². The van der Waals surface area contributed by atoms with Crippen LogP contribution in [-0.2, 0) is 11.2 Å². The van der Waals surface area contributed by atoms with Crippen molar-refractivity contribution in [1.82, 2.24) is 24.6 Å². The maximum Gasteiger partial charge on any atom is 0.257 e. The Morgan fingerprint density at radius 1 is 0.976 bits per heavy atom. The van der Waals surface area contributed by atoms with Gasteiger partial charge in [-0.25, -0.2) is 9.67 Å². The zero-order valence-electron chi connectivity index (χ0n) is 24.5. The van der Waals surface area contributed by atoms with Gasteiger partial charge in [0.25, 0.3) is 5.91 Å². The molecule has 1 atom stereocenters. The Morgan fingerprint density at radius 2 is 1.78 bits per heavy atom. The molecule has 2 aromatic carbocycles. The van der Waals surface area contributed by atoms with E-state index in [1.165, 1.54) is 41.4 Å². The number of carbonyl (C=O) groups excluding carboxylic acids is 2. The van der Waals surface area contributed by atoms with Gasteiger partial charge in [-0.15, -0.1) is 11.3 Å². The van der Waals surface area contributed by atoms with E-state index in [9.17, 15) is 9.59 Å². The molecule has 216 valence electrons. The topological polar surface area (TPSA) is 71.3 Å². The van der Waals surface area contributed by atoms with Crippen molar-refractivity contribution in [3.05, 3.63) is 65.3 Å². The summed E-state index contributed by atoms with van der Waals surface area (Å²) >= 11 is 1.54. The summed E-state index contributed by atoms with van der Waals surface area (Å²) < 4.78 is 1.84. The fraction of sp³-hybridized carbons (Fsp3) is 0.455.